The van der Waals surface area contributed by atoms with E-state index in [9.17, 15) is 8.42 Å². The summed E-state index contributed by atoms with van der Waals surface area (Å²) in [6.07, 6.45) is 0. The van der Waals surface area contributed by atoms with Crippen molar-refractivity contribution in [3.8, 4) is 0 Å². The summed E-state index contributed by atoms with van der Waals surface area (Å²) >= 11 is 12.2. The molecule has 0 fully saturated rings. The van der Waals surface area contributed by atoms with Gasteiger partial charge in [-0.05, 0) is 47.1 Å². The van der Waals surface area contributed by atoms with Crippen molar-refractivity contribution in [3.05, 3.63) is 44.1 Å². The molecule has 0 aliphatic heterocycles. The molecule has 1 aromatic carbocycles. The first-order valence-corrected chi connectivity index (χ1v) is 9.06. The predicted octanol–water partition coefficient (Wildman–Crippen LogP) is 3.95. The van der Waals surface area contributed by atoms with E-state index < -0.39 is 10.0 Å². The first kappa shape index (κ1) is 16.5. The molecule has 3 N–H and O–H groups in total. The first-order valence-electron chi connectivity index (χ1n) is 5.61. The zero-order valence-electron chi connectivity index (χ0n) is 10.7. The minimum Gasteiger partial charge on any atom is -0.398 e. The monoisotopic (exact) mass is 453 g/mol. The van der Waals surface area contributed by atoms with E-state index in [-0.39, 0.29) is 10.6 Å². The van der Waals surface area contributed by atoms with Crippen LogP contribution in [0.1, 0.15) is 5.69 Å². The Morgan fingerprint density at radius 2 is 1.95 bits per heavy atom. The summed E-state index contributed by atoms with van der Waals surface area (Å²) < 4.78 is 28.5. The van der Waals surface area contributed by atoms with Crippen molar-refractivity contribution in [2.24, 2.45) is 0 Å². The maximum atomic E-state index is 12.5. The minimum atomic E-state index is -3.85. The molecule has 112 valence electrons. The van der Waals surface area contributed by atoms with Gasteiger partial charge in [0.2, 0.25) is 0 Å². The molecule has 0 amide bonds. The van der Waals surface area contributed by atoms with E-state index >= 15 is 0 Å². The highest BCUT2D eigenvalue weighted by atomic mass is 79.9. The smallest absolute Gasteiger partial charge is 0.265 e. The molecular formula is C12H10Br2ClN3O2S. The quantitative estimate of drug-likeness (QED) is 0.542. The van der Waals surface area contributed by atoms with Crippen LogP contribution in [0.4, 0.5) is 11.4 Å². The summed E-state index contributed by atoms with van der Waals surface area (Å²) in [5.74, 6) is 0. The van der Waals surface area contributed by atoms with Crippen molar-refractivity contribution in [2.45, 2.75) is 11.8 Å². The van der Waals surface area contributed by atoms with Crippen LogP contribution in [0.15, 0.2) is 38.1 Å². The number of aryl methyl sites for hydroxylation is 1. The van der Waals surface area contributed by atoms with E-state index in [2.05, 4.69) is 41.6 Å². The number of hydrogen-bond acceptors (Lipinski definition) is 4. The molecule has 0 radical (unpaired) electrons. The van der Waals surface area contributed by atoms with Gasteiger partial charge in [-0.1, -0.05) is 27.5 Å². The van der Waals surface area contributed by atoms with E-state index in [4.69, 9.17) is 17.3 Å². The van der Waals surface area contributed by atoms with E-state index in [0.29, 0.717) is 25.5 Å². The van der Waals surface area contributed by atoms with Gasteiger partial charge in [0.05, 0.1) is 17.1 Å². The first-order chi connectivity index (χ1) is 9.70. The normalized spacial score (nSPS) is 11.4. The number of anilines is 2. The van der Waals surface area contributed by atoms with Gasteiger partial charge in [0, 0.05) is 8.95 Å². The van der Waals surface area contributed by atoms with Crippen LogP contribution in [0.5, 0.6) is 0 Å². The van der Waals surface area contributed by atoms with Gasteiger partial charge in [0.15, 0.2) is 0 Å². The molecule has 0 spiro atoms. The second kappa shape index (κ2) is 6.12. The topological polar surface area (TPSA) is 85.1 Å². The molecule has 5 nitrogen and oxygen atoms in total. The lowest BCUT2D eigenvalue weighted by Gasteiger charge is -2.13. The number of halogens is 3. The molecule has 0 aliphatic rings. The van der Waals surface area contributed by atoms with Gasteiger partial charge in [-0.15, -0.1) is 0 Å². The Balaban J connectivity index is 2.48. The number of nitrogens with two attached hydrogens (primary N) is 1. The molecule has 2 aromatic rings. The van der Waals surface area contributed by atoms with Gasteiger partial charge >= 0.3 is 0 Å². The third-order valence-corrected chi connectivity index (χ3v) is 5.64. The average Bonchev–Trinajstić information content (AvgIpc) is 2.30. The Morgan fingerprint density at radius 3 is 2.52 bits per heavy atom. The van der Waals surface area contributed by atoms with Crippen LogP contribution in [0.3, 0.4) is 0 Å². The summed E-state index contributed by atoms with van der Waals surface area (Å²) in [7, 11) is -3.85. The van der Waals surface area contributed by atoms with Gasteiger partial charge in [-0.2, -0.15) is 0 Å². The fourth-order valence-corrected chi connectivity index (χ4v) is 5.08. The number of benzene rings is 1. The van der Waals surface area contributed by atoms with E-state index in [1.807, 2.05) is 0 Å². The SMILES string of the molecule is Cc1nc(Cl)ccc1NS(=O)(=O)c1c(N)cc(Br)cc1Br. The Kier molecular flexibility index (Phi) is 4.82. The molecule has 0 saturated heterocycles. The van der Waals surface area contributed by atoms with Gasteiger partial charge in [-0.3, -0.25) is 4.72 Å². The van der Waals surface area contributed by atoms with Crippen LogP contribution >= 0.6 is 43.5 Å². The number of hydrogen-bond donors (Lipinski definition) is 2. The second-order valence-electron chi connectivity index (χ2n) is 4.18. The molecule has 21 heavy (non-hydrogen) atoms. The molecule has 0 saturated carbocycles. The number of nitrogens with zero attached hydrogens (tertiary/aromatic N) is 1. The van der Waals surface area contributed by atoms with Crippen LogP contribution in [0.25, 0.3) is 0 Å². The molecule has 0 unspecified atom stereocenters. The highest BCUT2D eigenvalue weighted by Gasteiger charge is 2.22. The lowest BCUT2D eigenvalue weighted by molar-refractivity contribution is 0.601. The third-order valence-electron chi connectivity index (χ3n) is 2.60. The molecule has 0 aliphatic carbocycles. The van der Waals surface area contributed by atoms with Crippen molar-refractivity contribution in [1.29, 1.82) is 0 Å². The van der Waals surface area contributed by atoms with Crippen LogP contribution in [-0.2, 0) is 10.0 Å². The average molecular weight is 456 g/mol. The molecule has 0 atom stereocenters. The highest BCUT2D eigenvalue weighted by Crippen LogP contribution is 2.33. The maximum Gasteiger partial charge on any atom is 0.265 e. The van der Waals surface area contributed by atoms with Crippen molar-refractivity contribution in [1.82, 2.24) is 4.98 Å². The van der Waals surface area contributed by atoms with Crippen LogP contribution < -0.4 is 10.5 Å². The van der Waals surface area contributed by atoms with Crippen molar-refractivity contribution in [2.75, 3.05) is 10.5 Å². The maximum absolute atomic E-state index is 12.5. The number of pyridine rings is 1. The number of nitrogen functional groups attached to an aromatic ring is 1. The lowest BCUT2D eigenvalue weighted by atomic mass is 10.3. The molecule has 0 bridgehead atoms. The standard InChI is InChI=1S/C12H10Br2ClN3O2S/c1-6-10(2-3-11(15)17-6)18-21(19,20)12-8(14)4-7(13)5-9(12)16/h2-5,18H,16H2,1H3. The Bertz CT molecular complexity index is 789. The predicted molar refractivity (Wildman–Crippen MR) is 91.0 cm³/mol. The summed E-state index contributed by atoms with van der Waals surface area (Å²) in [5, 5.41) is 0.291. The molecule has 9 heteroatoms. The largest absolute Gasteiger partial charge is 0.398 e. The van der Waals surface area contributed by atoms with Crippen molar-refractivity contribution >= 4 is 64.9 Å². The fourth-order valence-electron chi connectivity index (χ4n) is 1.70. The van der Waals surface area contributed by atoms with Crippen molar-refractivity contribution < 1.29 is 8.42 Å². The minimum absolute atomic E-state index is 0.0277. The summed E-state index contributed by atoms with van der Waals surface area (Å²) in [5.41, 5.74) is 6.75. The molecule has 1 aromatic heterocycles. The number of nitrogens with one attached hydrogen (secondary N) is 1. The van der Waals surface area contributed by atoms with Crippen LogP contribution in [-0.4, -0.2) is 13.4 Å². The Morgan fingerprint density at radius 1 is 1.29 bits per heavy atom. The number of rotatable bonds is 3. The van der Waals surface area contributed by atoms with E-state index in [1.165, 1.54) is 12.1 Å². The number of sulfonamides is 1. The van der Waals surface area contributed by atoms with Crippen LogP contribution in [0.2, 0.25) is 5.15 Å². The second-order valence-corrected chi connectivity index (χ2v) is 7.95. The Labute approximate surface area is 144 Å². The van der Waals surface area contributed by atoms with Gasteiger partial charge < -0.3 is 5.73 Å². The zero-order chi connectivity index (χ0) is 15.8. The summed E-state index contributed by atoms with van der Waals surface area (Å²) in [6.45, 7) is 1.66. The third kappa shape index (κ3) is 3.68. The summed E-state index contributed by atoms with van der Waals surface area (Å²) in [6, 6.07) is 6.18. The Hall–Kier alpha value is -0.830. The molecule has 1 heterocycles. The molecule has 2 rings (SSSR count). The van der Waals surface area contributed by atoms with E-state index in [0.717, 1.165) is 0 Å². The highest BCUT2D eigenvalue weighted by molar-refractivity contribution is 9.11. The van der Waals surface area contributed by atoms with Gasteiger partial charge in [0.25, 0.3) is 10.0 Å². The number of aromatic nitrogens is 1. The van der Waals surface area contributed by atoms with E-state index in [1.54, 1.807) is 19.1 Å². The summed E-state index contributed by atoms with van der Waals surface area (Å²) in [4.78, 5) is 3.97. The van der Waals surface area contributed by atoms with Crippen LogP contribution in [0, 0.1) is 6.92 Å². The van der Waals surface area contributed by atoms with Gasteiger partial charge in [-0.25, -0.2) is 13.4 Å². The molecular weight excluding hydrogens is 445 g/mol. The van der Waals surface area contributed by atoms with Crippen molar-refractivity contribution in [3.63, 3.8) is 0 Å². The lowest BCUT2D eigenvalue weighted by Crippen LogP contribution is -2.16. The zero-order valence-corrected chi connectivity index (χ0v) is 15.4. The van der Waals surface area contributed by atoms with Gasteiger partial charge in [0.1, 0.15) is 10.0 Å². The fraction of sp³-hybridized carbons (Fsp3) is 0.0833.